The second-order valence-electron chi connectivity index (χ2n) is 4.51. The highest BCUT2D eigenvalue weighted by atomic mass is 16.3. The summed E-state index contributed by atoms with van der Waals surface area (Å²) in [4.78, 5) is 2.28. The lowest BCUT2D eigenvalue weighted by molar-refractivity contribution is 0.0686. The van der Waals surface area contributed by atoms with Crippen molar-refractivity contribution in [2.45, 2.75) is 38.2 Å². The number of nitrogens with one attached hydrogen (secondary N) is 1. The molecule has 1 aliphatic heterocycles. The molecule has 1 fully saturated rings. The lowest BCUT2D eigenvalue weighted by Gasteiger charge is -2.18. The van der Waals surface area contributed by atoms with Gasteiger partial charge in [0.2, 0.25) is 0 Å². The van der Waals surface area contributed by atoms with Crippen LogP contribution in [0.4, 0.5) is 0 Å². The molecule has 0 amide bonds. The summed E-state index contributed by atoms with van der Waals surface area (Å²) in [6.45, 7) is 4.69. The molecular formula is C10H21N3O. The topological polar surface area (TPSA) is 73.3 Å². The number of aliphatic hydroxyl groups is 1. The Kier molecular flexibility index (Phi) is 3.89. The SMILES string of the molecule is CC1(O)CCN(CCCCC(=N)N)C1. The fraction of sp³-hybridized carbons (Fsp3) is 0.900. The molecule has 0 bridgehead atoms. The van der Waals surface area contributed by atoms with Crippen LogP contribution in [0.1, 0.15) is 32.6 Å². The molecule has 1 aliphatic rings. The zero-order valence-electron chi connectivity index (χ0n) is 8.92. The molecule has 0 radical (unpaired) electrons. The molecule has 0 aromatic heterocycles. The van der Waals surface area contributed by atoms with E-state index < -0.39 is 5.60 Å². The fourth-order valence-corrected chi connectivity index (χ4v) is 1.88. The molecule has 82 valence electrons. The van der Waals surface area contributed by atoms with Gasteiger partial charge in [-0.1, -0.05) is 0 Å². The predicted octanol–water partition coefficient (Wildman–Crippen LogP) is 0.549. The smallest absolute Gasteiger partial charge is 0.0905 e. The minimum atomic E-state index is -0.486. The number of amidine groups is 1. The highest BCUT2D eigenvalue weighted by Gasteiger charge is 2.30. The van der Waals surface area contributed by atoms with Gasteiger partial charge in [-0.25, -0.2) is 0 Å². The molecule has 4 N–H and O–H groups in total. The van der Waals surface area contributed by atoms with Crippen LogP contribution in [0.5, 0.6) is 0 Å². The van der Waals surface area contributed by atoms with Crippen molar-refractivity contribution in [1.82, 2.24) is 4.90 Å². The van der Waals surface area contributed by atoms with E-state index in [9.17, 15) is 5.11 Å². The molecule has 4 nitrogen and oxygen atoms in total. The average Bonchev–Trinajstić information content (AvgIpc) is 2.39. The summed E-state index contributed by atoms with van der Waals surface area (Å²) >= 11 is 0. The Morgan fingerprint density at radius 1 is 1.57 bits per heavy atom. The lowest BCUT2D eigenvalue weighted by Crippen LogP contribution is -2.30. The lowest BCUT2D eigenvalue weighted by atomic mass is 10.1. The molecule has 0 aromatic carbocycles. The summed E-state index contributed by atoms with van der Waals surface area (Å²) in [5.41, 5.74) is 4.77. The van der Waals surface area contributed by atoms with Crippen molar-refractivity contribution in [2.75, 3.05) is 19.6 Å². The van der Waals surface area contributed by atoms with E-state index in [2.05, 4.69) is 4.90 Å². The van der Waals surface area contributed by atoms with Gasteiger partial charge >= 0.3 is 0 Å². The molecule has 0 aromatic rings. The van der Waals surface area contributed by atoms with E-state index in [1.54, 1.807) is 0 Å². The molecule has 1 rings (SSSR count). The first-order valence-electron chi connectivity index (χ1n) is 5.27. The Morgan fingerprint density at radius 2 is 2.29 bits per heavy atom. The van der Waals surface area contributed by atoms with Crippen LogP contribution in [0.3, 0.4) is 0 Å². The van der Waals surface area contributed by atoms with Gasteiger partial charge in [0, 0.05) is 19.5 Å². The first-order valence-corrected chi connectivity index (χ1v) is 5.27. The largest absolute Gasteiger partial charge is 0.389 e. The maximum atomic E-state index is 9.71. The Morgan fingerprint density at radius 3 is 2.79 bits per heavy atom. The third-order valence-electron chi connectivity index (χ3n) is 2.70. The van der Waals surface area contributed by atoms with Crippen LogP contribution in [0.2, 0.25) is 0 Å². The predicted molar refractivity (Wildman–Crippen MR) is 57.4 cm³/mol. The van der Waals surface area contributed by atoms with Crippen molar-refractivity contribution in [1.29, 1.82) is 5.41 Å². The van der Waals surface area contributed by atoms with Crippen molar-refractivity contribution in [3.8, 4) is 0 Å². The molecule has 1 atom stereocenters. The first kappa shape index (κ1) is 11.5. The van der Waals surface area contributed by atoms with E-state index in [-0.39, 0.29) is 5.84 Å². The summed E-state index contributed by atoms with van der Waals surface area (Å²) in [5.74, 6) is 0.276. The van der Waals surface area contributed by atoms with Gasteiger partial charge in [-0.05, 0) is 32.7 Å². The normalized spacial score (nSPS) is 28.1. The van der Waals surface area contributed by atoms with E-state index in [1.807, 2.05) is 6.92 Å². The van der Waals surface area contributed by atoms with E-state index >= 15 is 0 Å². The van der Waals surface area contributed by atoms with Crippen molar-refractivity contribution < 1.29 is 5.11 Å². The number of hydrogen-bond acceptors (Lipinski definition) is 3. The molecule has 0 spiro atoms. The fourth-order valence-electron chi connectivity index (χ4n) is 1.88. The summed E-state index contributed by atoms with van der Waals surface area (Å²) < 4.78 is 0. The number of likely N-dealkylation sites (tertiary alicyclic amines) is 1. The second kappa shape index (κ2) is 4.75. The van der Waals surface area contributed by atoms with Crippen molar-refractivity contribution >= 4 is 5.84 Å². The Labute approximate surface area is 85.6 Å². The third-order valence-corrected chi connectivity index (χ3v) is 2.70. The van der Waals surface area contributed by atoms with E-state index in [0.29, 0.717) is 6.42 Å². The summed E-state index contributed by atoms with van der Waals surface area (Å²) in [7, 11) is 0. The highest BCUT2D eigenvalue weighted by molar-refractivity contribution is 5.76. The molecule has 0 aliphatic carbocycles. The van der Waals surface area contributed by atoms with Gasteiger partial charge in [0.15, 0.2) is 0 Å². The van der Waals surface area contributed by atoms with Gasteiger partial charge in [-0.15, -0.1) is 0 Å². The monoisotopic (exact) mass is 199 g/mol. The van der Waals surface area contributed by atoms with Crippen molar-refractivity contribution in [2.24, 2.45) is 5.73 Å². The van der Waals surface area contributed by atoms with Gasteiger partial charge < -0.3 is 15.7 Å². The maximum Gasteiger partial charge on any atom is 0.0905 e. The minimum Gasteiger partial charge on any atom is -0.389 e. The van der Waals surface area contributed by atoms with Gasteiger partial charge in [-0.2, -0.15) is 0 Å². The van der Waals surface area contributed by atoms with Gasteiger partial charge in [0.25, 0.3) is 0 Å². The van der Waals surface area contributed by atoms with Crippen molar-refractivity contribution in [3.05, 3.63) is 0 Å². The molecular weight excluding hydrogens is 178 g/mol. The van der Waals surface area contributed by atoms with E-state index in [4.69, 9.17) is 11.1 Å². The van der Waals surface area contributed by atoms with Gasteiger partial charge in [-0.3, -0.25) is 5.41 Å². The van der Waals surface area contributed by atoms with Crippen LogP contribution in [0.15, 0.2) is 0 Å². The number of nitrogens with zero attached hydrogens (tertiary/aromatic N) is 1. The quantitative estimate of drug-likeness (QED) is 0.344. The number of β-amino-alcohol motifs (C(OH)–C–C–N with tert-alkyl or cyclic N) is 1. The Hall–Kier alpha value is -0.610. The van der Waals surface area contributed by atoms with Crippen LogP contribution >= 0.6 is 0 Å². The first-order chi connectivity index (χ1) is 6.49. The van der Waals surface area contributed by atoms with Crippen LogP contribution in [0.25, 0.3) is 0 Å². The van der Waals surface area contributed by atoms with Gasteiger partial charge in [0.1, 0.15) is 0 Å². The van der Waals surface area contributed by atoms with E-state index in [1.165, 1.54) is 0 Å². The Bertz CT molecular complexity index is 204. The summed E-state index contributed by atoms with van der Waals surface area (Å²) in [5, 5.41) is 16.8. The van der Waals surface area contributed by atoms with Gasteiger partial charge in [0.05, 0.1) is 11.4 Å². The zero-order valence-corrected chi connectivity index (χ0v) is 8.92. The molecule has 4 heteroatoms. The number of hydrogen-bond donors (Lipinski definition) is 3. The third kappa shape index (κ3) is 4.07. The molecule has 0 saturated carbocycles. The number of unbranched alkanes of at least 4 members (excludes halogenated alkanes) is 1. The molecule has 1 saturated heterocycles. The average molecular weight is 199 g/mol. The minimum absolute atomic E-state index is 0.276. The van der Waals surface area contributed by atoms with Crippen LogP contribution in [0, 0.1) is 5.41 Å². The molecule has 14 heavy (non-hydrogen) atoms. The van der Waals surface area contributed by atoms with Crippen LogP contribution in [-0.2, 0) is 0 Å². The van der Waals surface area contributed by atoms with Crippen LogP contribution < -0.4 is 5.73 Å². The standard InChI is InChI=1S/C10H21N3O/c1-10(14)5-7-13(8-10)6-3-2-4-9(11)12/h14H,2-8H2,1H3,(H3,11,12). The Balaban J connectivity index is 2.06. The second-order valence-corrected chi connectivity index (χ2v) is 4.51. The number of rotatable bonds is 5. The molecule has 1 heterocycles. The summed E-state index contributed by atoms with van der Waals surface area (Å²) in [6.07, 6.45) is 3.62. The van der Waals surface area contributed by atoms with E-state index in [0.717, 1.165) is 38.9 Å². The maximum absolute atomic E-state index is 9.71. The summed E-state index contributed by atoms with van der Waals surface area (Å²) in [6, 6.07) is 0. The van der Waals surface area contributed by atoms with Crippen molar-refractivity contribution in [3.63, 3.8) is 0 Å². The zero-order chi connectivity index (χ0) is 10.6. The number of nitrogens with two attached hydrogens (primary N) is 1. The highest BCUT2D eigenvalue weighted by Crippen LogP contribution is 2.20. The van der Waals surface area contributed by atoms with Crippen LogP contribution in [-0.4, -0.2) is 41.1 Å². The molecule has 1 unspecified atom stereocenters.